The van der Waals surface area contributed by atoms with E-state index in [0.29, 0.717) is 13.2 Å². The van der Waals surface area contributed by atoms with Gasteiger partial charge < -0.3 is 20.8 Å². The number of benzene rings is 1. The largest absolute Gasteiger partial charge is 0.493 e. The van der Waals surface area contributed by atoms with E-state index in [1.165, 1.54) is 0 Å². The van der Waals surface area contributed by atoms with Crippen LogP contribution in [-0.4, -0.2) is 23.1 Å². The minimum atomic E-state index is -0.684. The molecule has 1 aromatic heterocycles. The lowest BCUT2D eigenvalue weighted by atomic mass is 10.2. The highest BCUT2D eigenvalue weighted by Gasteiger charge is 2.12. The van der Waals surface area contributed by atoms with Gasteiger partial charge in [-0.3, -0.25) is 4.79 Å². The van der Waals surface area contributed by atoms with E-state index in [1.807, 2.05) is 35.0 Å². The van der Waals surface area contributed by atoms with Crippen LogP contribution in [0.15, 0.2) is 30.5 Å². The first kappa shape index (κ1) is 13.4. The van der Waals surface area contributed by atoms with Crippen LogP contribution in [0.5, 0.6) is 5.75 Å². The van der Waals surface area contributed by atoms with E-state index in [-0.39, 0.29) is 0 Å². The Morgan fingerprint density at radius 3 is 2.89 bits per heavy atom. The van der Waals surface area contributed by atoms with E-state index in [9.17, 15) is 4.79 Å². The molecule has 0 aliphatic heterocycles. The van der Waals surface area contributed by atoms with Gasteiger partial charge in [0.2, 0.25) is 5.91 Å². The van der Waals surface area contributed by atoms with Crippen LogP contribution in [0, 0.1) is 0 Å². The molecule has 4 N–H and O–H groups in total. The number of primary amides is 1. The number of carbonyl (C=O) groups is 1. The first-order valence-electron chi connectivity index (χ1n) is 6.39. The Balaban J connectivity index is 2.30. The van der Waals surface area contributed by atoms with Gasteiger partial charge in [0.25, 0.3) is 0 Å². The van der Waals surface area contributed by atoms with Crippen molar-refractivity contribution >= 4 is 16.8 Å². The first-order chi connectivity index (χ1) is 9.13. The second-order valence-electron chi connectivity index (χ2n) is 4.51. The van der Waals surface area contributed by atoms with Crippen LogP contribution >= 0.6 is 0 Å². The Bertz CT molecular complexity index is 577. The van der Waals surface area contributed by atoms with Crippen molar-refractivity contribution < 1.29 is 9.53 Å². The normalized spacial score (nSPS) is 12.5. The predicted octanol–water partition coefficient (Wildman–Crippen LogP) is 1.24. The zero-order valence-corrected chi connectivity index (χ0v) is 11.0. The van der Waals surface area contributed by atoms with E-state index in [4.69, 9.17) is 16.2 Å². The molecule has 1 amide bonds. The first-order valence-corrected chi connectivity index (χ1v) is 6.39. The topological polar surface area (TPSA) is 83.3 Å². The van der Waals surface area contributed by atoms with Gasteiger partial charge in [0.1, 0.15) is 11.8 Å². The summed E-state index contributed by atoms with van der Waals surface area (Å²) in [6.07, 6.45) is 2.86. The molecule has 1 aromatic carbocycles. The van der Waals surface area contributed by atoms with Gasteiger partial charge in [-0.15, -0.1) is 0 Å². The van der Waals surface area contributed by atoms with Crippen LogP contribution in [0.1, 0.15) is 13.3 Å². The van der Waals surface area contributed by atoms with Gasteiger partial charge in [-0.05, 0) is 24.6 Å². The van der Waals surface area contributed by atoms with Crippen molar-refractivity contribution in [2.75, 3.05) is 6.61 Å². The van der Waals surface area contributed by atoms with Crippen molar-refractivity contribution in [3.63, 3.8) is 0 Å². The van der Waals surface area contributed by atoms with Gasteiger partial charge >= 0.3 is 0 Å². The molecule has 0 aliphatic rings. The summed E-state index contributed by atoms with van der Waals surface area (Å²) < 4.78 is 7.62. The Hall–Kier alpha value is -2.01. The Morgan fingerprint density at radius 1 is 1.42 bits per heavy atom. The van der Waals surface area contributed by atoms with Crippen molar-refractivity contribution in [2.24, 2.45) is 11.5 Å². The molecule has 19 heavy (non-hydrogen) atoms. The van der Waals surface area contributed by atoms with Gasteiger partial charge in [-0.1, -0.05) is 13.0 Å². The van der Waals surface area contributed by atoms with E-state index in [1.54, 1.807) is 0 Å². The van der Waals surface area contributed by atoms with Crippen LogP contribution in [0.4, 0.5) is 0 Å². The van der Waals surface area contributed by atoms with Crippen LogP contribution < -0.4 is 16.2 Å². The lowest BCUT2D eigenvalue weighted by Crippen LogP contribution is -2.39. The quantitative estimate of drug-likeness (QED) is 0.820. The molecule has 0 saturated carbocycles. The summed E-state index contributed by atoms with van der Waals surface area (Å²) in [6.45, 7) is 3.12. The molecule has 5 nitrogen and oxygen atoms in total. The summed E-state index contributed by atoms with van der Waals surface area (Å²) in [5.41, 5.74) is 11.9. The number of nitrogens with two attached hydrogens (primary N) is 2. The minimum Gasteiger partial charge on any atom is -0.493 e. The Morgan fingerprint density at radius 2 is 2.21 bits per heavy atom. The molecular weight excluding hydrogens is 242 g/mol. The van der Waals surface area contributed by atoms with Gasteiger partial charge in [0, 0.05) is 18.1 Å². The number of hydrogen-bond donors (Lipinski definition) is 2. The molecule has 0 bridgehead atoms. The molecular formula is C14H19N3O2. The molecule has 0 radical (unpaired) electrons. The third kappa shape index (κ3) is 2.88. The van der Waals surface area contributed by atoms with Crippen LogP contribution in [0.25, 0.3) is 10.9 Å². The summed E-state index contributed by atoms with van der Waals surface area (Å²) in [5, 5.41) is 1.02. The molecule has 2 aromatic rings. The fourth-order valence-corrected chi connectivity index (χ4v) is 1.99. The monoisotopic (exact) mass is 261 g/mol. The van der Waals surface area contributed by atoms with E-state index >= 15 is 0 Å². The van der Waals surface area contributed by atoms with Gasteiger partial charge in [0.15, 0.2) is 0 Å². The molecule has 0 saturated heterocycles. The van der Waals surface area contributed by atoms with Gasteiger partial charge in [-0.2, -0.15) is 0 Å². The van der Waals surface area contributed by atoms with Crippen LogP contribution in [-0.2, 0) is 11.3 Å². The second-order valence-corrected chi connectivity index (χ2v) is 4.51. The molecule has 0 aliphatic carbocycles. The summed E-state index contributed by atoms with van der Waals surface area (Å²) in [5.74, 6) is 0.353. The van der Waals surface area contributed by atoms with E-state index in [2.05, 4.69) is 6.92 Å². The number of hydrogen-bond acceptors (Lipinski definition) is 3. The third-order valence-corrected chi connectivity index (χ3v) is 2.99. The van der Waals surface area contributed by atoms with Crippen molar-refractivity contribution in [1.29, 1.82) is 0 Å². The number of ether oxygens (including phenoxy) is 1. The van der Waals surface area contributed by atoms with E-state index in [0.717, 1.165) is 23.1 Å². The van der Waals surface area contributed by atoms with Gasteiger partial charge in [-0.25, -0.2) is 0 Å². The standard InChI is InChI=1S/C14H19N3O2/c1-2-8-19-13-5-3-4-12-10(13)6-7-17(12)9-11(15)14(16)18/h3-7,11H,2,8-9,15H2,1H3,(H2,16,18). The maximum atomic E-state index is 11.0. The molecule has 1 heterocycles. The van der Waals surface area contributed by atoms with Crippen LogP contribution in [0.3, 0.4) is 0 Å². The molecule has 0 fully saturated rings. The smallest absolute Gasteiger partial charge is 0.236 e. The number of amides is 1. The SMILES string of the molecule is CCCOc1cccc2c1ccn2CC(N)C(N)=O. The van der Waals surface area contributed by atoms with Gasteiger partial charge in [0.05, 0.1) is 12.1 Å². The fraction of sp³-hybridized carbons (Fsp3) is 0.357. The molecule has 102 valence electrons. The number of rotatable bonds is 6. The number of nitrogens with zero attached hydrogens (tertiary/aromatic N) is 1. The maximum absolute atomic E-state index is 11.0. The number of fused-ring (bicyclic) bond motifs is 1. The van der Waals surface area contributed by atoms with Crippen molar-refractivity contribution in [2.45, 2.75) is 25.9 Å². The summed E-state index contributed by atoms with van der Waals surface area (Å²) in [6, 6.07) is 7.13. The van der Waals surface area contributed by atoms with Crippen molar-refractivity contribution in [3.05, 3.63) is 30.5 Å². The minimum absolute atomic E-state index is 0.371. The van der Waals surface area contributed by atoms with Crippen molar-refractivity contribution in [3.8, 4) is 5.75 Å². The lowest BCUT2D eigenvalue weighted by molar-refractivity contribution is -0.119. The highest BCUT2D eigenvalue weighted by atomic mass is 16.5. The summed E-state index contributed by atoms with van der Waals surface area (Å²) >= 11 is 0. The number of carbonyl (C=O) groups excluding carboxylic acids is 1. The average molecular weight is 261 g/mol. The Labute approximate surface area is 112 Å². The molecule has 5 heteroatoms. The fourth-order valence-electron chi connectivity index (χ4n) is 1.99. The van der Waals surface area contributed by atoms with E-state index < -0.39 is 11.9 Å². The summed E-state index contributed by atoms with van der Waals surface area (Å²) in [7, 11) is 0. The lowest BCUT2D eigenvalue weighted by Gasteiger charge is -2.11. The number of aromatic nitrogens is 1. The second kappa shape index (κ2) is 5.75. The third-order valence-electron chi connectivity index (χ3n) is 2.99. The highest BCUT2D eigenvalue weighted by molar-refractivity contribution is 5.87. The molecule has 1 atom stereocenters. The van der Waals surface area contributed by atoms with Crippen LogP contribution in [0.2, 0.25) is 0 Å². The zero-order valence-electron chi connectivity index (χ0n) is 11.0. The molecule has 2 rings (SSSR count). The molecule has 1 unspecified atom stereocenters. The predicted molar refractivity (Wildman–Crippen MR) is 74.9 cm³/mol. The van der Waals surface area contributed by atoms with Crippen molar-refractivity contribution in [1.82, 2.24) is 4.57 Å². The molecule has 0 spiro atoms. The Kier molecular flexibility index (Phi) is 4.06. The average Bonchev–Trinajstić information content (AvgIpc) is 2.80. The maximum Gasteiger partial charge on any atom is 0.236 e. The zero-order chi connectivity index (χ0) is 13.8. The highest BCUT2D eigenvalue weighted by Crippen LogP contribution is 2.26. The summed E-state index contributed by atoms with van der Waals surface area (Å²) in [4.78, 5) is 11.0.